The molecule has 2 heterocycles. The van der Waals surface area contributed by atoms with Crippen molar-refractivity contribution in [2.75, 3.05) is 13.1 Å². The topological polar surface area (TPSA) is 49.0 Å². The predicted molar refractivity (Wildman–Crippen MR) is 89.7 cm³/mol. The number of aromatic nitrogens is 2. The molecule has 0 spiro atoms. The van der Waals surface area contributed by atoms with Crippen LogP contribution in [0.3, 0.4) is 0 Å². The van der Waals surface area contributed by atoms with Crippen LogP contribution in [0.1, 0.15) is 30.1 Å². The highest BCUT2D eigenvalue weighted by Gasteiger charge is 2.37. The Morgan fingerprint density at radius 3 is 2.64 bits per heavy atom. The Morgan fingerprint density at radius 1 is 1.32 bits per heavy atom. The van der Waals surface area contributed by atoms with Crippen LogP contribution in [0.15, 0.2) is 18.2 Å². The lowest BCUT2D eigenvalue weighted by molar-refractivity contribution is -0.131. The van der Waals surface area contributed by atoms with Gasteiger partial charge in [-0.3, -0.25) is 4.79 Å². The first-order valence-electron chi connectivity index (χ1n) is 7.17. The fraction of sp³-hybridized carbons (Fsp3) is 0.467. The van der Waals surface area contributed by atoms with E-state index in [0.717, 1.165) is 29.7 Å². The first kappa shape index (κ1) is 15.9. The number of aromatic amines is 1. The number of imidazole rings is 1. The molecule has 4 nitrogen and oxygen atoms in total. The van der Waals surface area contributed by atoms with Crippen molar-refractivity contribution in [2.24, 2.45) is 0 Å². The highest BCUT2D eigenvalue weighted by Crippen LogP contribution is 2.33. The number of alkyl halides is 3. The molecule has 1 aliphatic heterocycles. The highest BCUT2D eigenvalue weighted by molar-refractivity contribution is 6.76. The molecule has 0 unspecified atom stereocenters. The van der Waals surface area contributed by atoms with Crippen molar-refractivity contribution in [3.8, 4) is 0 Å². The predicted octanol–water partition coefficient (Wildman–Crippen LogP) is 3.95. The van der Waals surface area contributed by atoms with E-state index in [9.17, 15) is 4.79 Å². The maximum absolute atomic E-state index is 11.9. The second-order valence-electron chi connectivity index (χ2n) is 5.71. The summed E-state index contributed by atoms with van der Waals surface area (Å²) in [6.07, 6.45) is 1.62. The van der Waals surface area contributed by atoms with E-state index in [2.05, 4.69) is 29.0 Å². The van der Waals surface area contributed by atoms with E-state index in [4.69, 9.17) is 34.8 Å². The van der Waals surface area contributed by atoms with E-state index in [0.29, 0.717) is 19.0 Å². The second kappa shape index (κ2) is 5.91. The van der Waals surface area contributed by atoms with Crippen molar-refractivity contribution < 1.29 is 4.79 Å². The van der Waals surface area contributed by atoms with Gasteiger partial charge in [0.1, 0.15) is 5.82 Å². The van der Waals surface area contributed by atoms with Gasteiger partial charge in [-0.2, -0.15) is 0 Å². The zero-order chi connectivity index (χ0) is 15.9. The van der Waals surface area contributed by atoms with E-state index in [1.54, 1.807) is 4.90 Å². The molecule has 1 saturated heterocycles. The van der Waals surface area contributed by atoms with Crippen molar-refractivity contribution in [3.05, 3.63) is 29.6 Å². The number of aryl methyl sites for hydroxylation is 1. The number of piperidine rings is 1. The van der Waals surface area contributed by atoms with Gasteiger partial charge in [-0.1, -0.05) is 40.9 Å². The molecule has 1 aromatic heterocycles. The molecule has 1 aromatic carbocycles. The number of halogens is 3. The molecule has 1 aliphatic rings. The third-order valence-electron chi connectivity index (χ3n) is 4.07. The average molecular weight is 361 g/mol. The van der Waals surface area contributed by atoms with Crippen molar-refractivity contribution in [1.82, 2.24) is 14.9 Å². The first-order valence-corrected chi connectivity index (χ1v) is 8.30. The van der Waals surface area contributed by atoms with Crippen LogP contribution in [-0.4, -0.2) is 37.7 Å². The zero-order valence-electron chi connectivity index (χ0n) is 12.1. The molecule has 1 N–H and O–H groups in total. The van der Waals surface area contributed by atoms with Gasteiger partial charge in [0.2, 0.25) is 0 Å². The Balaban J connectivity index is 1.71. The van der Waals surface area contributed by atoms with Crippen LogP contribution < -0.4 is 0 Å². The smallest absolute Gasteiger partial charge is 0.274 e. The standard InChI is InChI=1S/C15H16Cl3N3O/c1-9-2-3-11-12(8-9)20-13(19-11)10-4-6-21(7-5-10)14(22)15(16,17)18/h2-3,8,10H,4-7H2,1H3,(H,19,20). The summed E-state index contributed by atoms with van der Waals surface area (Å²) in [5.74, 6) is 0.824. The normalized spacial score (nSPS) is 17.2. The largest absolute Gasteiger partial charge is 0.342 e. The average Bonchev–Trinajstić information content (AvgIpc) is 2.88. The molecule has 1 amide bonds. The Morgan fingerprint density at radius 2 is 2.00 bits per heavy atom. The Kier molecular flexibility index (Phi) is 4.27. The van der Waals surface area contributed by atoms with Crippen LogP contribution in [-0.2, 0) is 4.79 Å². The minimum absolute atomic E-state index is 0.298. The Bertz CT molecular complexity index is 700. The number of amides is 1. The third-order valence-corrected chi connectivity index (χ3v) is 4.55. The molecule has 2 aromatic rings. The van der Waals surface area contributed by atoms with Gasteiger partial charge in [-0.15, -0.1) is 0 Å². The van der Waals surface area contributed by atoms with E-state index in [1.165, 1.54) is 5.56 Å². The lowest BCUT2D eigenvalue weighted by atomic mass is 9.96. The highest BCUT2D eigenvalue weighted by atomic mass is 35.6. The van der Waals surface area contributed by atoms with E-state index in [-0.39, 0.29) is 0 Å². The number of likely N-dealkylation sites (tertiary alicyclic amines) is 1. The summed E-state index contributed by atoms with van der Waals surface area (Å²) in [5, 5.41) is 0. The maximum Gasteiger partial charge on any atom is 0.274 e. The van der Waals surface area contributed by atoms with Gasteiger partial charge >= 0.3 is 0 Å². The van der Waals surface area contributed by atoms with Gasteiger partial charge in [0.25, 0.3) is 9.70 Å². The lowest BCUT2D eigenvalue weighted by Crippen LogP contribution is -2.43. The number of H-pyrrole nitrogens is 1. The van der Waals surface area contributed by atoms with Gasteiger partial charge in [-0.25, -0.2) is 4.98 Å². The molecule has 118 valence electrons. The van der Waals surface area contributed by atoms with Crippen molar-refractivity contribution in [1.29, 1.82) is 0 Å². The lowest BCUT2D eigenvalue weighted by Gasteiger charge is -2.32. The van der Waals surface area contributed by atoms with Crippen LogP contribution in [0.5, 0.6) is 0 Å². The number of benzene rings is 1. The quantitative estimate of drug-likeness (QED) is 0.783. The molecular formula is C15H16Cl3N3O. The number of hydrogen-bond acceptors (Lipinski definition) is 2. The molecule has 0 radical (unpaired) electrons. The number of carbonyl (C=O) groups excluding carboxylic acids is 1. The summed E-state index contributed by atoms with van der Waals surface area (Å²) < 4.78 is -1.87. The molecule has 0 atom stereocenters. The van der Waals surface area contributed by atoms with Gasteiger partial charge in [-0.05, 0) is 37.5 Å². The first-order chi connectivity index (χ1) is 10.3. The number of rotatable bonds is 1. The molecule has 0 saturated carbocycles. The van der Waals surface area contributed by atoms with Gasteiger partial charge in [0.05, 0.1) is 11.0 Å². The molecule has 3 rings (SSSR count). The fourth-order valence-electron chi connectivity index (χ4n) is 2.87. The SMILES string of the molecule is Cc1ccc2nc(C3CCN(C(=O)C(Cl)(Cl)Cl)CC3)[nH]c2c1. The monoisotopic (exact) mass is 359 g/mol. The zero-order valence-corrected chi connectivity index (χ0v) is 14.3. The van der Waals surface area contributed by atoms with Gasteiger partial charge in [0, 0.05) is 19.0 Å². The van der Waals surface area contributed by atoms with Crippen LogP contribution in [0, 0.1) is 6.92 Å². The third kappa shape index (κ3) is 3.19. The minimum Gasteiger partial charge on any atom is -0.342 e. The summed E-state index contributed by atoms with van der Waals surface area (Å²) in [7, 11) is 0. The second-order valence-corrected chi connectivity index (χ2v) is 7.99. The van der Waals surface area contributed by atoms with Crippen LogP contribution in [0.25, 0.3) is 11.0 Å². The van der Waals surface area contributed by atoms with Gasteiger partial charge in [0.15, 0.2) is 0 Å². The molecule has 0 aliphatic carbocycles. The van der Waals surface area contributed by atoms with Crippen molar-refractivity contribution in [3.63, 3.8) is 0 Å². The minimum atomic E-state index is -1.87. The van der Waals surface area contributed by atoms with Crippen LogP contribution in [0.2, 0.25) is 0 Å². The summed E-state index contributed by atoms with van der Waals surface area (Å²) in [4.78, 5) is 21.6. The van der Waals surface area contributed by atoms with E-state index in [1.807, 2.05) is 6.07 Å². The van der Waals surface area contributed by atoms with Crippen LogP contribution >= 0.6 is 34.8 Å². The van der Waals surface area contributed by atoms with E-state index >= 15 is 0 Å². The summed E-state index contributed by atoms with van der Waals surface area (Å²) >= 11 is 17.0. The summed E-state index contributed by atoms with van der Waals surface area (Å²) in [6, 6.07) is 6.16. The molecule has 0 bridgehead atoms. The van der Waals surface area contributed by atoms with Crippen molar-refractivity contribution >= 4 is 51.7 Å². The number of nitrogens with one attached hydrogen (secondary N) is 1. The van der Waals surface area contributed by atoms with Gasteiger partial charge < -0.3 is 9.88 Å². The molecular weight excluding hydrogens is 345 g/mol. The molecule has 7 heteroatoms. The van der Waals surface area contributed by atoms with E-state index < -0.39 is 9.70 Å². The van der Waals surface area contributed by atoms with Crippen molar-refractivity contribution in [2.45, 2.75) is 29.5 Å². The Hall–Kier alpha value is -0.970. The summed E-state index contributed by atoms with van der Waals surface area (Å²) in [6.45, 7) is 3.21. The summed E-state index contributed by atoms with van der Waals surface area (Å²) in [5.41, 5.74) is 3.22. The Labute approximate surface area is 143 Å². The van der Waals surface area contributed by atoms with Crippen LogP contribution in [0.4, 0.5) is 0 Å². The number of hydrogen-bond donors (Lipinski definition) is 1. The molecule has 22 heavy (non-hydrogen) atoms. The fourth-order valence-corrected chi connectivity index (χ4v) is 3.23. The maximum atomic E-state index is 11.9. The molecule has 1 fully saturated rings. The number of fused-ring (bicyclic) bond motifs is 1. The number of nitrogens with zero attached hydrogens (tertiary/aromatic N) is 2. The number of carbonyl (C=O) groups is 1.